The van der Waals surface area contributed by atoms with E-state index in [9.17, 15) is 8.42 Å². The molecule has 2 atom stereocenters. The average Bonchev–Trinajstić information content (AvgIpc) is 2.84. The monoisotopic (exact) mass is 309 g/mol. The van der Waals surface area contributed by atoms with Crippen LogP contribution >= 0.6 is 0 Å². The van der Waals surface area contributed by atoms with E-state index in [0.717, 1.165) is 25.9 Å². The second-order valence-electron chi connectivity index (χ2n) is 6.07. The van der Waals surface area contributed by atoms with E-state index in [-0.39, 0.29) is 11.8 Å². The first-order chi connectivity index (χ1) is 10.1. The lowest BCUT2D eigenvalue weighted by atomic mass is 10.00. The van der Waals surface area contributed by atoms with Crippen molar-refractivity contribution in [3.05, 3.63) is 29.8 Å². The predicted molar refractivity (Wildman–Crippen MR) is 84.2 cm³/mol. The normalized spacial score (nSPS) is 26.7. The van der Waals surface area contributed by atoms with E-state index in [4.69, 9.17) is 5.73 Å². The van der Waals surface area contributed by atoms with Crippen LogP contribution in [0.25, 0.3) is 0 Å². The van der Waals surface area contributed by atoms with Crippen molar-refractivity contribution < 1.29 is 8.42 Å². The molecule has 116 valence electrons. The third-order valence-corrected chi connectivity index (χ3v) is 5.94. The van der Waals surface area contributed by atoms with E-state index in [1.54, 1.807) is 12.1 Å². The van der Waals surface area contributed by atoms with Gasteiger partial charge in [0, 0.05) is 24.3 Å². The average molecular weight is 309 g/mol. The molecule has 0 saturated carbocycles. The molecule has 0 aliphatic carbocycles. The summed E-state index contributed by atoms with van der Waals surface area (Å²) in [5.41, 5.74) is 7.05. The molecule has 2 aliphatic heterocycles. The Morgan fingerprint density at radius 2 is 2.00 bits per heavy atom. The number of piperidine rings is 1. The number of para-hydroxylation sites is 1. The van der Waals surface area contributed by atoms with Crippen LogP contribution in [0.5, 0.6) is 0 Å². The summed E-state index contributed by atoms with van der Waals surface area (Å²) in [6.45, 7) is 2.11. The van der Waals surface area contributed by atoms with Crippen molar-refractivity contribution >= 4 is 15.7 Å². The highest BCUT2D eigenvalue weighted by molar-refractivity contribution is 7.88. The lowest BCUT2D eigenvalue weighted by molar-refractivity contribution is 0.186. The number of nitrogens with two attached hydrogens (primary N) is 1. The van der Waals surface area contributed by atoms with Crippen LogP contribution in [0.4, 0.5) is 5.69 Å². The summed E-state index contributed by atoms with van der Waals surface area (Å²) in [4.78, 5) is 2.42. The van der Waals surface area contributed by atoms with Crippen LogP contribution in [-0.2, 0) is 15.8 Å². The Labute approximate surface area is 126 Å². The van der Waals surface area contributed by atoms with Crippen LogP contribution in [0.1, 0.15) is 31.2 Å². The molecule has 1 aromatic carbocycles. The van der Waals surface area contributed by atoms with E-state index < -0.39 is 10.0 Å². The summed E-state index contributed by atoms with van der Waals surface area (Å²) in [5, 5.41) is 0. The molecule has 6 heteroatoms. The molecule has 0 bridgehead atoms. The Hall–Kier alpha value is -1.11. The summed E-state index contributed by atoms with van der Waals surface area (Å²) >= 11 is 0. The first-order valence-corrected chi connectivity index (χ1v) is 9.28. The van der Waals surface area contributed by atoms with Gasteiger partial charge in [0.15, 0.2) is 0 Å². The molecule has 1 aromatic rings. The van der Waals surface area contributed by atoms with Crippen LogP contribution < -0.4 is 10.5 Å². The number of hydrogen-bond acceptors (Lipinski definition) is 4. The van der Waals surface area contributed by atoms with Gasteiger partial charge in [-0.05, 0) is 37.4 Å². The zero-order valence-corrected chi connectivity index (χ0v) is 13.0. The molecule has 0 aromatic heterocycles. The maximum atomic E-state index is 12.4. The van der Waals surface area contributed by atoms with Gasteiger partial charge in [0.25, 0.3) is 0 Å². The molecule has 2 heterocycles. The van der Waals surface area contributed by atoms with E-state index in [1.807, 2.05) is 12.1 Å². The van der Waals surface area contributed by atoms with Crippen molar-refractivity contribution in [1.82, 2.24) is 9.62 Å². The van der Waals surface area contributed by atoms with Gasteiger partial charge in [0.1, 0.15) is 0 Å². The molecule has 21 heavy (non-hydrogen) atoms. The number of nitrogen functional groups attached to an aromatic ring is 1. The Morgan fingerprint density at radius 3 is 2.81 bits per heavy atom. The Morgan fingerprint density at radius 1 is 1.19 bits per heavy atom. The van der Waals surface area contributed by atoms with Crippen molar-refractivity contribution in [2.75, 3.05) is 18.8 Å². The maximum absolute atomic E-state index is 12.4. The molecule has 0 radical (unpaired) electrons. The lowest BCUT2D eigenvalue weighted by Crippen LogP contribution is -2.47. The molecule has 2 unspecified atom stereocenters. The number of rotatable bonds is 4. The molecule has 2 saturated heterocycles. The molecular weight excluding hydrogens is 286 g/mol. The molecule has 0 spiro atoms. The minimum atomic E-state index is -3.35. The minimum Gasteiger partial charge on any atom is -0.398 e. The van der Waals surface area contributed by atoms with E-state index in [1.165, 1.54) is 12.8 Å². The SMILES string of the molecule is Nc1ccccc1CS(=O)(=O)NC1CCN2CCCCC12. The first-order valence-electron chi connectivity index (χ1n) is 7.62. The summed E-state index contributed by atoms with van der Waals surface area (Å²) in [6.07, 6.45) is 4.44. The summed E-state index contributed by atoms with van der Waals surface area (Å²) in [6, 6.07) is 7.58. The van der Waals surface area contributed by atoms with E-state index in [0.29, 0.717) is 17.3 Å². The van der Waals surface area contributed by atoms with Gasteiger partial charge in [-0.25, -0.2) is 13.1 Å². The van der Waals surface area contributed by atoms with Crippen molar-refractivity contribution in [1.29, 1.82) is 0 Å². The van der Waals surface area contributed by atoms with Crippen molar-refractivity contribution in [3.63, 3.8) is 0 Å². The number of nitrogens with zero attached hydrogens (tertiary/aromatic N) is 1. The quantitative estimate of drug-likeness (QED) is 0.823. The van der Waals surface area contributed by atoms with Crippen LogP contribution in [-0.4, -0.2) is 38.5 Å². The van der Waals surface area contributed by atoms with Crippen LogP contribution in [0, 0.1) is 0 Å². The zero-order chi connectivity index (χ0) is 14.9. The van der Waals surface area contributed by atoms with Crippen LogP contribution in [0.2, 0.25) is 0 Å². The maximum Gasteiger partial charge on any atom is 0.216 e. The molecule has 0 amide bonds. The third-order valence-electron chi connectivity index (χ3n) is 4.59. The molecule has 3 rings (SSSR count). The summed E-state index contributed by atoms with van der Waals surface area (Å²) < 4.78 is 27.7. The Kier molecular flexibility index (Phi) is 4.19. The highest BCUT2D eigenvalue weighted by Gasteiger charge is 2.37. The molecule has 2 fully saturated rings. The zero-order valence-electron chi connectivity index (χ0n) is 12.2. The number of nitrogens with one attached hydrogen (secondary N) is 1. The van der Waals surface area contributed by atoms with Gasteiger partial charge in [-0.15, -0.1) is 0 Å². The van der Waals surface area contributed by atoms with Gasteiger partial charge in [0.2, 0.25) is 10.0 Å². The van der Waals surface area contributed by atoms with E-state index in [2.05, 4.69) is 9.62 Å². The largest absolute Gasteiger partial charge is 0.398 e. The van der Waals surface area contributed by atoms with Gasteiger partial charge in [-0.3, -0.25) is 4.90 Å². The Bertz CT molecular complexity index is 603. The number of sulfonamides is 1. The first kappa shape index (κ1) is 14.8. The highest BCUT2D eigenvalue weighted by atomic mass is 32.2. The van der Waals surface area contributed by atoms with Gasteiger partial charge in [0.05, 0.1) is 5.75 Å². The standard InChI is InChI=1S/C15H23N3O2S/c16-13-6-2-1-5-12(13)11-21(19,20)17-14-8-10-18-9-4-3-7-15(14)18/h1-2,5-6,14-15,17H,3-4,7-11,16H2. The second kappa shape index (κ2) is 5.94. The number of hydrogen-bond donors (Lipinski definition) is 2. The molecule has 2 aliphatic rings. The van der Waals surface area contributed by atoms with Gasteiger partial charge in [-0.2, -0.15) is 0 Å². The predicted octanol–water partition coefficient (Wildman–Crippen LogP) is 1.31. The highest BCUT2D eigenvalue weighted by Crippen LogP contribution is 2.28. The summed E-state index contributed by atoms with van der Waals surface area (Å²) in [7, 11) is -3.35. The number of benzene rings is 1. The second-order valence-corrected chi connectivity index (χ2v) is 7.82. The lowest BCUT2D eigenvalue weighted by Gasteiger charge is -2.32. The van der Waals surface area contributed by atoms with Gasteiger partial charge in [-0.1, -0.05) is 24.6 Å². The fourth-order valence-corrected chi connectivity index (χ4v) is 5.02. The van der Waals surface area contributed by atoms with Crippen LogP contribution in [0.15, 0.2) is 24.3 Å². The van der Waals surface area contributed by atoms with Crippen molar-refractivity contribution in [2.24, 2.45) is 0 Å². The molecule has 5 nitrogen and oxygen atoms in total. The number of anilines is 1. The molecule has 3 N–H and O–H groups in total. The van der Waals surface area contributed by atoms with E-state index >= 15 is 0 Å². The third kappa shape index (κ3) is 3.39. The minimum absolute atomic E-state index is 0.0388. The van der Waals surface area contributed by atoms with Crippen LogP contribution in [0.3, 0.4) is 0 Å². The summed E-state index contributed by atoms with van der Waals surface area (Å²) in [5.74, 6) is -0.0388. The van der Waals surface area contributed by atoms with Gasteiger partial charge < -0.3 is 5.73 Å². The smallest absolute Gasteiger partial charge is 0.216 e. The topological polar surface area (TPSA) is 75.4 Å². The Balaban J connectivity index is 1.67. The van der Waals surface area contributed by atoms with Crippen molar-refractivity contribution in [2.45, 2.75) is 43.5 Å². The molecular formula is C15H23N3O2S. The number of fused-ring (bicyclic) bond motifs is 1. The fraction of sp³-hybridized carbons (Fsp3) is 0.600. The van der Waals surface area contributed by atoms with Gasteiger partial charge >= 0.3 is 0 Å². The fourth-order valence-electron chi connectivity index (χ4n) is 3.53. The van der Waals surface area contributed by atoms with Crippen molar-refractivity contribution in [3.8, 4) is 0 Å².